The largest absolute Gasteiger partial charge is 0.485 e. The Kier molecular flexibility index (Phi) is 8.39. The Balaban J connectivity index is 1.40. The third-order valence-electron chi connectivity index (χ3n) is 8.12. The van der Waals surface area contributed by atoms with Gasteiger partial charge in [0, 0.05) is 30.9 Å². The number of nitriles is 4. The molecule has 0 saturated carbocycles. The minimum absolute atomic E-state index is 0.127. The van der Waals surface area contributed by atoms with Gasteiger partial charge in [0.15, 0.2) is 23.0 Å². The minimum atomic E-state index is -0.127. The molecule has 1 aliphatic carbocycles. The zero-order chi connectivity index (χ0) is 34.1. The van der Waals surface area contributed by atoms with Crippen molar-refractivity contribution in [3.8, 4) is 57.0 Å². The van der Waals surface area contributed by atoms with Gasteiger partial charge in [-0.15, -0.1) is 22.7 Å². The Bertz CT molecular complexity index is 2210. The van der Waals surface area contributed by atoms with Crippen molar-refractivity contribution in [3.05, 3.63) is 91.7 Å². The number of fused-ring (bicyclic) bond motifs is 3. The average Bonchev–Trinajstić information content (AvgIpc) is 3.79. The monoisotopic (exact) mass is 679 g/mol. The molecule has 0 radical (unpaired) electrons. The maximum atomic E-state index is 9.97. The van der Waals surface area contributed by atoms with E-state index in [-0.39, 0.29) is 11.1 Å². The molecule has 2 aliphatic heterocycles. The average molecular weight is 680 g/mol. The molecule has 238 valence electrons. The van der Waals surface area contributed by atoms with E-state index < -0.39 is 0 Å². The molecule has 9 nitrogen and oxygen atoms in total. The van der Waals surface area contributed by atoms with Crippen LogP contribution in [0.2, 0.25) is 0 Å². The number of ether oxygens (including phenoxy) is 4. The van der Waals surface area contributed by atoms with Crippen molar-refractivity contribution in [1.29, 1.82) is 21.0 Å². The van der Waals surface area contributed by atoms with Gasteiger partial charge in [-0.3, -0.25) is 0 Å². The molecule has 0 saturated heterocycles. The van der Waals surface area contributed by atoms with Gasteiger partial charge in [0.05, 0.1) is 19.5 Å². The summed E-state index contributed by atoms with van der Waals surface area (Å²) in [5.74, 6) is 2.33. The van der Waals surface area contributed by atoms with Crippen LogP contribution in [-0.2, 0) is 0 Å². The van der Waals surface area contributed by atoms with Gasteiger partial charge in [-0.25, -0.2) is 0 Å². The first kappa shape index (κ1) is 31.4. The molecule has 3 aliphatic rings. The lowest BCUT2D eigenvalue weighted by Gasteiger charge is -2.18. The highest BCUT2D eigenvalue weighted by molar-refractivity contribution is 7.24. The topological polar surface area (TPSA) is 135 Å². The lowest BCUT2D eigenvalue weighted by molar-refractivity contribution is 0.171. The molecule has 0 atom stereocenters. The van der Waals surface area contributed by atoms with E-state index >= 15 is 0 Å². The molecular weight excluding hydrogens is 655 g/mol. The fourth-order valence-corrected chi connectivity index (χ4v) is 8.28. The Hall–Kier alpha value is -6.24. The molecule has 11 heteroatoms. The van der Waals surface area contributed by atoms with Gasteiger partial charge in [-0.05, 0) is 46.5 Å². The molecular formula is C38H25N5O4S2. The number of anilines is 1. The molecule has 0 spiro atoms. The number of rotatable bonds is 5. The number of allylic oxidation sites excluding steroid dienone is 5. The highest BCUT2D eigenvalue weighted by Crippen LogP contribution is 2.59. The number of hydrogen-bond donors (Lipinski definition) is 0. The standard InChI is InChI=1S/C38H25N5O4S2/c1-43(2)25-10-7-22(8-11-25)9-12-29-33-35(46-15-13-44-33)37(48-29)38-36-34(45-14-16-47-36)30(49-38)17-28-31(23(18-39)19-40)26-5-3-4-6-27(26)32(28)24(20-41)21-42/h3-12,17H,13-16H2,1-2H3/b12-9+. The van der Waals surface area contributed by atoms with Crippen molar-refractivity contribution in [2.75, 3.05) is 45.4 Å². The van der Waals surface area contributed by atoms with Crippen LogP contribution in [0.25, 0.3) is 39.1 Å². The van der Waals surface area contributed by atoms with Crippen LogP contribution < -0.4 is 23.8 Å². The Morgan fingerprint density at radius 1 is 0.633 bits per heavy atom. The van der Waals surface area contributed by atoms with Crippen LogP contribution in [0.15, 0.2) is 65.3 Å². The van der Waals surface area contributed by atoms with Crippen LogP contribution in [0.4, 0.5) is 5.69 Å². The lowest BCUT2D eigenvalue weighted by Crippen LogP contribution is -2.15. The molecule has 0 unspecified atom stereocenters. The zero-order valence-electron chi connectivity index (χ0n) is 26.4. The van der Waals surface area contributed by atoms with E-state index in [0.29, 0.717) is 82.1 Å². The molecule has 49 heavy (non-hydrogen) atoms. The van der Waals surface area contributed by atoms with Gasteiger partial charge in [0.25, 0.3) is 0 Å². The third-order valence-corrected chi connectivity index (χ3v) is 10.5. The fraction of sp³-hybridized carbons (Fsp3) is 0.158. The van der Waals surface area contributed by atoms with Gasteiger partial charge in [-0.2, -0.15) is 21.0 Å². The van der Waals surface area contributed by atoms with E-state index in [9.17, 15) is 21.0 Å². The summed E-state index contributed by atoms with van der Waals surface area (Å²) in [6.07, 6.45) is 5.84. The van der Waals surface area contributed by atoms with Gasteiger partial charge in [0.1, 0.15) is 61.9 Å². The summed E-state index contributed by atoms with van der Waals surface area (Å²) < 4.78 is 24.7. The maximum Gasteiger partial charge on any atom is 0.181 e. The van der Waals surface area contributed by atoms with Crippen LogP contribution in [0.1, 0.15) is 26.4 Å². The molecule has 0 N–H and O–H groups in total. The van der Waals surface area contributed by atoms with Crippen LogP contribution in [0.5, 0.6) is 23.0 Å². The molecule has 7 rings (SSSR count). The number of thiophene rings is 2. The van der Waals surface area contributed by atoms with E-state index in [4.69, 9.17) is 18.9 Å². The Labute approximate surface area is 290 Å². The number of benzene rings is 2. The second-order valence-corrected chi connectivity index (χ2v) is 13.3. The summed E-state index contributed by atoms with van der Waals surface area (Å²) in [5, 5.41) is 39.9. The molecule has 0 bridgehead atoms. The van der Waals surface area contributed by atoms with Crippen molar-refractivity contribution in [1.82, 2.24) is 0 Å². The highest BCUT2D eigenvalue weighted by atomic mass is 32.1. The van der Waals surface area contributed by atoms with Crippen LogP contribution in [-0.4, -0.2) is 40.5 Å². The molecule has 0 fully saturated rings. The number of hydrogen-bond acceptors (Lipinski definition) is 11. The fourth-order valence-electron chi connectivity index (χ4n) is 5.93. The van der Waals surface area contributed by atoms with Crippen molar-refractivity contribution < 1.29 is 18.9 Å². The van der Waals surface area contributed by atoms with Crippen molar-refractivity contribution >= 4 is 57.7 Å². The molecule has 4 heterocycles. The van der Waals surface area contributed by atoms with Gasteiger partial charge in [0.2, 0.25) is 0 Å². The summed E-state index contributed by atoms with van der Waals surface area (Å²) in [4.78, 5) is 5.18. The summed E-state index contributed by atoms with van der Waals surface area (Å²) in [6, 6.07) is 23.4. The molecule has 4 aromatic rings. The second-order valence-electron chi connectivity index (χ2n) is 11.2. The molecule has 2 aromatic carbocycles. The normalized spacial score (nSPS) is 14.0. The van der Waals surface area contributed by atoms with E-state index in [1.165, 1.54) is 22.7 Å². The second kappa shape index (κ2) is 13.1. The van der Waals surface area contributed by atoms with Crippen molar-refractivity contribution in [3.63, 3.8) is 0 Å². The maximum absolute atomic E-state index is 9.97. The van der Waals surface area contributed by atoms with Gasteiger partial charge >= 0.3 is 0 Å². The first-order valence-corrected chi connectivity index (χ1v) is 16.8. The van der Waals surface area contributed by atoms with E-state index in [1.54, 1.807) is 30.3 Å². The summed E-state index contributed by atoms with van der Waals surface area (Å²) >= 11 is 2.92. The first-order chi connectivity index (χ1) is 24.0. The molecule has 2 aromatic heterocycles. The summed E-state index contributed by atoms with van der Waals surface area (Å²) in [6.45, 7) is 1.47. The quantitative estimate of drug-likeness (QED) is 0.193. The Morgan fingerprint density at radius 2 is 1.10 bits per heavy atom. The van der Waals surface area contributed by atoms with Crippen LogP contribution in [0, 0.1) is 45.3 Å². The lowest BCUT2D eigenvalue weighted by atomic mass is 9.96. The van der Waals surface area contributed by atoms with E-state index in [1.807, 2.05) is 50.5 Å². The van der Waals surface area contributed by atoms with Crippen LogP contribution >= 0.6 is 22.7 Å². The van der Waals surface area contributed by atoms with Crippen LogP contribution in [0.3, 0.4) is 0 Å². The van der Waals surface area contributed by atoms with E-state index in [2.05, 4.69) is 29.2 Å². The Morgan fingerprint density at radius 3 is 1.59 bits per heavy atom. The SMILES string of the molecule is CN(C)c1ccc(/C=C/c2sc(-c3sc(C=C4C(=C(C#N)C#N)c5ccccc5C4=C(C#N)C#N)c4c3OCCO4)c3c2OCCO3)cc1. The summed E-state index contributed by atoms with van der Waals surface area (Å²) in [7, 11) is 4.01. The number of nitrogens with zero attached hydrogens (tertiary/aromatic N) is 5. The molecule has 0 amide bonds. The van der Waals surface area contributed by atoms with Crippen molar-refractivity contribution in [2.24, 2.45) is 0 Å². The zero-order valence-corrected chi connectivity index (χ0v) is 28.0. The van der Waals surface area contributed by atoms with Gasteiger partial charge in [-0.1, -0.05) is 42.5 Å². The first-order valence-electron chi connectivity index (χ1n) is 15.2. The predicted molar refractivity (Wildman–Crippen MR) is 190 cm³/mol. The smallest absolute Gasteiger partial charge is 0.181 e. The third kappa shape index (κ3) is 5.48. The summed E-state index contributed by atoms with van der Waals surface area (Å²) in [5.41, 5.74) is 4.22. The predicted octanol–water partition coefficient (Wildman–Crippen LogP) is 7.95. The van der Waals surface area contributed by atoms with E-state index in [0.717, 1.165) is 25.9 Å². The van der Waals surface area contributed by atoms with Crippen molar-refractivity contribution in [2.45, 2.75) is 0 Å². The highest BCUT2D eigenvalue weighted by Gasteiger charge is 2.35. The van der Waals surface area contributed by atoms with Gasteiger partial charge < -0.3 is 23.8 Å². The minimum Gasteiger partial charge on any atom is -0.485 e.